The van der Waals surface area contributed by atoms with Crippen molar-refractivity contribution in [2.75, 3.05) is 14.2 Å². The average molecular weight is 352 g/mol. The molecule has 2 rings (SSSR count). The number of benzene rings is 2. The number of hydrogen-bond acceptors (Lipinski definition) is 4. The maximum absolute atomic E-state index is 5.89. The Hall–Kier alpha value is -1.72. The first-order valence-electron chi connectivity index (χ1n) is 6.50. The fraction of sp³-hybridized carbons (Fsp3) is 0.250. The maximum atomic E-state index is 5.89. The summed E-state index contributed by atoms with van der Waals surface area (Å²) in [6, 6.07) is 11.5. The Bertz CT molecular complexity index is 616. The fourth-order valence-electron chi connectivity index (χ4n) is 2.00. The van der Waals surface area contributed by atoms with E-state index in [1.807, 2.05) is 36.4 Å². The molecule has 0 amide bonds. The Kier molecular flexibility index (Phi) is 5.47. The average Bonchev–Trinajstić information content (AvgIpc) is 2.53. The zero-order chi connectivity index (χ0) is 15.2. The van der Waals surface area contributed by atoms with E-state index in [-0.39, 0.29) is 0 Å². The second kappa shape index (κ2) is 7.33. The quantitative estimate of drug-likeness (QED) is 0.865. The van der Waals surface area contributed by atoms with Crippen LogP contribution < -0.4 is 19.9 Å². The van der Waals surface area contributed by atoms with E-state index in [0.717, 1.165) is 21.3 Å². The van der Waals surface area contributed by atoms with Gasteiger partial charge >= 0.3 is 0 Å². The number of rotatable bonds is 6. The van der Waals surface area contributed by atoms with Crippen molar-refractivity contribution in [3.8, 4) is 17.2 Å². The Balaban J connectivity index is 2.17. The van der Waals surface area contributed by atoms with E-state index in [0.29, 0.717) is 24.7 Å². The van der Waals surface area contributed by atoms with Crippen molar-refractivity contribution in [3.63, 3.8) is 0 Å². The van der Waals surface area contributed by atoms with Crippen molar-refractivity contribution < 1.29 is 14.2 Å². The van der Waals surface area contributed by atoms with Crippen LogP contribution in [0.2, 0.25) is 0 Å². The van der Waals surface area contributed by atoms with Crippen LogP contribution in [0.5, 0.6) is 17.2 Å². The molecule has 21 heavy (non-hydrogen) atoms. The Labute approximate surface area is 132 Å². The van der Waals surface area contributed by atoms with Crippen LogP contribution >= 0.6 is 15.9 Å². The normalized spacial score (nSPS) is 10.3. The summed E-state index contributed by atoms with van der Waals surface area (Å²) in [7, 11) is 3.23. The summed E-state index contributed by atoms with van der Waals surface area (Å²) in [4.78, 5) is 0. The van der Waals surface area contributed by atoms with Crippen molar-refractivity contribution in [2.45, 2.75) is 13.2 Å². The highest BCUT2D eigenvalue weighted by Gasteiger charge is 2.09. The van der Waals surface area contributed by atoms with Gasteiger partial charge in [0.15, 0.2) is 11.5 Å². The molecule has 0 bridgehead atoms. The molecule has 0 radical (unpaired) electrons. The monoisotopic (exact) mass is 351 g/mol. The number of nitrogens with two attached hydrogens (primary N) is 1. The highest BCUT2D eigenvalue weighted by atomic mass is 79.9. The molecule has 4 nitrogen and oxygen atoms in total. The summed E-state index contributed by atoms with van der Waals surface area (Å²) < 4.78 is 17.3. The van der Waals surface area contributed by atoms with Crippen LogP contribution in [0.15, 0.2) is 40.9 Å². The van der Waals surface area contributed by atoms with Crippen LogP contribution in [0.4, 0.5) is 0 Å². The molecule has 0 aliphatic carbocycles. The summed E-state index contributed by atoms with van der Waals surface area (Å²) in [5.74, 6) is 2.16. The standard InChI is InChI=1S/C16H18BrNO3/c1-19-14-7-6-11(8-15(14)20-2)10-21-16-12(9-18)4-3-5-13(16)17/h3-8H,9-10,18H2,1-2H3. The number of hydrogen-bond donors (Lipinski definition) is 1. The summed E-state index contributed by atoms with van der Waals surface area (Å²) in [5, 5.41) is 0. The van der Waals surface area contributed by atoms with Gasteiger partial charge < -0.3 is 19.9 Å². The highest BCUT2D eigenvalue weighted by molar-refractivity contribution is 9.10. The van der Waals surface area contributed by atoms with E-state index >= 15 is 0 Å². The molecule has 0 heterocycles. The van der Waals surface area contributed by atoms with Crippen molar-refractivity contribution in [3.05, 3.63) is 52.0 Å². The molecule has 0 atom stereocenters. The first-order valence-corrected chi connectivity index (χ1v) is 7.30. The van der Waals surface area contributed by atoms with E-state index in [2.05, 4.69) is 15.9 Å². The van der Waals surface area contributed by atoms with Crippen molar-refractivity contribution in [2.24, 2.45) is 5.73 Å². The minimum atomic E-state index is 0.427. The van der Waals surface area contributed by atoms with E-state index in [1.54, 1.807) is 14.2 Å². The van der Waals surface area contributed by atoms with Gasteiger partial charge in [-0.2, -0.15) is 0 Å². The lowest BCUT2D eigenvalue weighted by atomic mass is 10.2. The topological polar surface area (TPSA) is 53.7 Å². The van der Waals surface area contributed by atoms with Gasteiger partial charge in [-0.3, -0.25) is 0 Å². The van der Waals surface area contributed by atoms with Gasteiger partial charge in [-0.25, -0.2) is 0 Å². The van der Waals surface area contributed by atoms with E-state index in [9.17, 15) is 0 Å². The van der Waals surface area contributed by atoms with E-state index in [1.165, 1.54) is 0 Å². The molecule has 0 fully saturated rings. The van der Waals surface area contributed by atoms with Crippen molar-refractivity contribution >= 4 is 15.9 Å². The summed E-state index contributed by atoms with van der Waals surface area (Å²) in [6.07, 6.45) is 0. The lowest BCUT2D eigenvalue weighted by Crippen LogP contribution is -2.03. The van der Waals surface area contributed by atoms with Crippen LogP contribution in [0.3, 0.4) is 0 Å². The molecule has 0 aromatic heterocycles. The highest BCUT2D eigenvalue weighted by Crippen LogP contribution is 2.31. The number of ether oxygens (including phenoxy) is 3. The summed E-state index contributed by atoms with van der Waals surface area (Å²) in [5.41, 5.74) is 7.69. The van der Waals surface area contributed by atoms with Gasteiger partial charge in [0, 0.05) is 12.1 Å². The second-order valence-electron chi connectivity index (χ2n) is 4.41. The molecule has 0 saturated heterocycles. The zero-order valence-corrected chi connectivity index (χ0v) is 13.6. The molecule has 2 aromatic carbocycles. The minimum Gasteiger partial charge on any atom is -0.493 e. The van der Waals surface area contributed by atoms with Crippen molar-refractivity contribution in [1.82, 2.24) is 0 Å². The smallest absolute Gasteiger partial charge is 0.161 e. The van der Waals surface area contributed by atoms with Gasteiger partial charge in [0.1, 0.15) is 12.4 Å². The number of methoxy groups -OCH3 is 2. The molecular weight excluding hydrogens is 334 g/mol. The molecule has 0 saturated carbocycles. The molecule has 112 valence electrons. The molecule has 0 aliphatic heterocycles. The molecule has 0 spiro atoms. The predicted molar refractivity (Wildman–Crippen MR) is 85.9 cm³/mol. The van der Waals surface area contributed by atoms with E-state index < -0.39 is 0 Å². The second-order valence-corrected chi connectivity index (χ2v) is 5.26. The van der Waals surface area contributed by atoms with Gasteiger partial charge in [0.2, 0.25) is 0 Å². The fourth-order valence-corrected chi connectivity index (χ4v) is 2.52. The van der Waals surface area contributed by atoms with Crippen molar-refractivity contribution in [1.29, 1.82) is 0 Å². The zero-order valence-electron chi connectivity index (χ0n) is 12.1. The van der Waals surface area contributed by atoms with Crippen LogP contribution in [-0.2, 0) is 13.2 Å². The maximum Gasteiger partial charge on any atom is 0.161 e. The van der Waals surface area contributed by atoms with Gasteiger partial charge in [0.25, 0.3) is 0 Å². The van der Waals surface area contributed by atoms with Gasteiger partial charge in [-0.15, -0.1) is 0 Å². The predicted octanol–water partition coefficient (Wildman–Crippen LogP) is 3.50. The lowest BCUT2D eigenvalue weighted by molar-refractivity contribution is 0.299. The Morgan fingerprint density at radius 3 is 2.48 bits per heavy atom. The van der Waals surface area contributed by atoms with Crippen LogP contribution in [0, 0.1) is 0 Å². The molecule has 2 aromatic rings. The minimum absolute atomic E-state index is 0.427. The summed E-state index contributed by atoms with van der Waals surface area (Å²) in [6.45, 7) is 0.858. The molecule has 5 heteroatoms. The first kappa shape index (κ1) is 15.7. The van der Waals surface area contributed by atoms with Gasteiger partial charge in [-0.1, -0.05) is 18.2 Å². The third-order valence-electron chi connectivity index (χ3n) is 3.10. The van der Waals surface area contributed by atoms with Crippen LogP contribution in [0.1, 0.15) is 11.1 Å². The largest absolute Gasteiger partial charge is 0.493 e. The molecule has 2 N–H and O–H groups in total. The first-order chi connectivity index (χ1) is 10.2. The van der Waals surface area contributed by atoms with Gasteiger partial charge in [0.05, 0.1) is 18.7 Å². The molecule has 0 aliphatic rings. The molecular formula is C16H18BrNO3. The van der Waals surface area contributed by atoms with Gasteiger partial charge in [-0.05, 0) is 39.7 Å². The molecule has 0 unspecified atom stereocenters. The number of para-hydroxylation sites is 1. The number of halogens is 1. The Morgan fingerprint density at radius 2 is 1.81 bits per heavy atom. The third-order valence-corrected chi connectivity index (χ3v) is 3.72. The van der Waals surface area contributed by atoms with Crippen LogP contribution in [-0.4, -0.2) is 14.2 Å². The summed E-state index contributed by atoms with van der Waals surface area (Å²) >= 11 is 3.49. The van der Waals surface area contributed by atoms with Crippen LogP contribution in [0.25, 0.3) is 0 Å². The lowest BCUT2D eigenvalue weighted by Gasteiger charge is -2.14. The Morgan fingerprint density at radius 1 is 1.05 bits per heavy atom. The third kappa shape index (κ3) is 3.68. The SMILES string of the molecule is COc1ccc(COc2c(Br)cccc2CN)cc1OC. The van der Waals surface area contributed by atoms with E-state index in [4.69, 9.17) is 19.9 Å².